The van der Waals surface area contributed by atoms with Crippen molar-refractivity contribution in [3.63, 3.8) is 0 Å². The predicted octanol–water partition coefficient (Wildman–Crippen LogP) is 1.86. The molecule has 0 aliphatic heterocycles. The molecule has 0 spiro atoms. The van der Waals surface area contributed by atoms with Crippen molar-refractivity contribution in [2.24, 2.45) is 0 Å². The van der Waals surface area contributed by atoms with E-state index in [4.69, 9.17) is 0 Å². The molecular weight excluding hydrogens is 268 g/mol. The number of nitrogens with one attached hydrogen (secondary N) is 1. The molecule has 0 aliphatic rings. The smallest absolute Gasteiger partial charge is 0.333 e. The van der Waals surface area contributed by atoms with Crippen LogP contribution in [0.4, 0.5) is 11.5 Å². The molecule has 1 N–H and O–H groups in total. The van der Waals surface area contributed by atoms with Crippen LogP contribution in [0.1, 0.15) is 32.5 Å². The number of hydrogen-bond acceptors (Lipinski definition) is 5. The first-order valence-electron chi connectivity index (χ1n) is 6.04. The highest BCUT2D eigenvalue weighted by Gasteiger charge is 2.27. The fraction of sp³-hybridized carbons (Fsp3) is 0.727. The normalized spacial score (nSPS) is 14.4. The van der Waals surface area contributed by atoms with Crippen LogP contribution in [0.2, 0.25) is 0 Å². The monoisotopic (exact) mass is 288 g/mol. The van der Waals surface area contributed by atoms with Crippen LogP contribution < -0.4 is 5.32 Å². The van der Waals surface area contributed by atoms with Gasteiger partial charge in [-0.15, -0.1) is 0 Å². The molecule has 1 heterocycles. The van der Waals surface area contributed by atoms with Crippen LogP contribution in [-0.2, 0) is 10.8 Å². The number of nitro groups is 1. The number of aromatic nitrogens is 2. The topological polar surface area (TPSA) is 90.1 Å². The van der Waals surface area contributed by atoms with Crippen molar-refractivity contribution >= 4 is 22.3 Å². The molecular formula is C11H20N4O3S. The highest BCUT2D eigenvalue weighted by atomic mass is 32.2. The molecule has 8 heteroatoms. The van der Waals surface area contributed by atoms with Gasteiger partial charge in [0.1, 0.15) is 5.69 Å². The third-order valence-electron chi connectivity index (χ3n) is 2.59. The van der Waals surface area contributed by atoms with E-state index in [9.17, 15) is 14.3 Å². The SMILES string of the molecule is Cc1nn(C(C)C)c(NC(C)CS(C)=O)c1[N+](=O)[O-]. The molecule has 0 amide bonds. The Bertz CT molecular complexity index is 498. The van der Waals surface area contributed by atoms with Crippen LogP contribution >= 0.6 is 0 Å². The summed E-state index contributed by atoms with van der Waals surface area (Å²) in [5, 5.41) is 18.4. The van der Waals surface area contributed by atoms with E-state index in [1.165, 1.54) is 0 Å². The van der Waals surface area contributed by atoms with E-state index in [1.54, 1.807) is 17.9 Å². The first kappa shape index (κ1) is 15.6. The predicted molar refractivity (Wildman–Crippen MR) is 76.0 cm³/mol. The minimum atomic E-state index is -0.959. The van der Waals surface area contributed by atoms with Gasteiger partial charge < -0.3 is 5.32 Å². The highest BCUT2D eigenvalue weighted by molar-refractivity contribution is 7.84. The van der Waals surface area contributed by atoms with Crippen LogP contribution in [-0.4, -0.2) is 37.0 Å². The summed E-state index contributed by atoms with van der Waals surface area (Å²) in [6, 6.07) is -0.118. The van der Waals surface area contributed by atoms with Crippen molar-refractivity contribution in [3.8, 4) is 0 Å². The number of aryl methyl sites for hydroxylation is 1. The van der Waals surface area contributed by atoms with Gasteiger partial charge in [-0.3, -0.25) is 14.3 Å². The van der Waals surface area contributed by atoms with E-state index in [1.807, 2.05) is 20.8 Å². The molecule has 1 aromatic rings. The summed E-state index contributed by atoms with van der Waals surface area (Å²) in [5.41, 5.74) is 0.369. The fourth-order valence-electron chi connectivity index (χ4n) is 1.89. The second kappa shape index (κ2) is 6.14. The zero-order valence-corrected chi connectivity index (χ0v) is 12.7. The molecule has 2 unspecified atom stereocenters. The Balaban J connectivity index is 3.15. The third kappa shape index (κ3) is 3.76. The number of nitrogens with zero attached hydrogens (tertiary/aromatic N) is 3. The van der Waals surface area contributed by atoms with Crippen LogP contribution in [0.5, 0.6) is 0 Å². The van der Waals surface area contributed by atoms with E-state index in [2.05, 4.69) is 10.4 Å². The maximum absolute atomic E-state index is 11.2. The van der Waals surface area contributed by atoms with Gasteiger partial charge in [-0.25, -0.2) is 4.68 Å². The quantitative estimate of drug-likeness (QED) is 0.637. The molecule has 1 aromatic heterocycles. The largest absolute Gasteiger partial charge is 0.361 e. The average Bonchev–Trinajstić information content (AvgIpc) is 2.53. The summed E-state index contributed by atoms with van der Waals surface area (Å²) in [7, 11) is -0.959. The van der Waals surface area contributed by atoms with Crippen LogP contribution in [0.15, 0.2) is 0 Å². The highest BCUT2D eigenvalue weighted by Crippen LogP contribution is 2.31. The lowest BCUT2D eigenvalue weighted by Gasteiger charge is -2.16. The Morgan fingerprint density at radius 3 is 2.47 bits per heavy atom. The molecule has 0 saturated heterocycles. The molecule has 19 heavy (non-hydrogen) atoms. The Morgan fingerprint density at radius 1 is 1.47 bits per heavy atom. The van der Waals surface area contributed by atoms with Crippen molar-refractivity contribution in [2.45, 2.75) is 39.8 Å². The lowest BCUT2D eigenvalue weighted by molar-refractivity contribution is -0.384. The van der Waals surface area contributed by atoms with E-state index in [0.29, 0.717) is 17.3 Å². The van der Waals surface area contributed by atoms with E-state index >= 15 is 0 Å². The molecule has 0 aliphatic carbocycles. The summed E-state index contributed by atoms with van der Waals surface area (Å²) < 4.78 is 12.8. The van der Waals surface area contributed by atoms with E-state index in [-0.39, 0.29) is 17.8 Å². The third-order valence-corrected chi connectivity index (χ3v) is 3.56. The molecule has 0 radical (unpaired) electrons. The van der Waals surface area contributed by atoms with Crippen molar-refractivity contribution in [2.75, 3.05) is 17.3 Å². The molecule has 108 valence electrons. The second-order valence-electron chi connectivity index (χ2n) is 4.86. The minimum Gasteiger partial charge on any atom is -0.361 e. The standard InChI is InChI=1S/C11H20N4O3S/c1-7(2)14-11(12-8(3)6-19(5)18)10(15(16)17)9(4)13-14/h7-8,12H,6H2,1-5H3. The summed E-state index contributed by atoms with van der Waals surface area (Å²) >= 11 is 0. The molecule has 0 aromatic carbocycles. The molecule has 0 bridgehead atoms. The van der Waals surface area contributed by atoms with Gasteiger partial charge in [0.05, 0.1) is 4.92 Å². The van der Waals surface area contributed by atoms with Crippen molar-refractivity contribution < 1.29 is 9.13 Å². The van der Waals surface area contributed by atoms with Crippen LogP contribution in [0, 0.1) is 17.0 Å². The number of rotatable bonds is 6. The molecule has 7 nitrogen and oxygen atoms in total. The van der Waals surface area contributed by atoms with Crippen molar-refractivity contribution in [1.82, 2.24) is 9.78 Å². The average molecular weight is 288 g/mol. The van der Waals surface area contributed by atoms with Crippen LogP contribution in [0.25, 0.3) is 0 Å². The Morgan fingerprint density at radius 2 is 2.05 bits per heavy atom. The zero-order chi connectivity index (χ0) is 14.7. The Kier molecular flexibility index (Phi) is 5.04. The van der Waals surface area contributed by atoms with Gasteiger partial charge in [0.25, 0.3) is 0 Å². The number of anilines is 1. The lowest BCUT2D eigenvalue weighted by atomic mass is 10.3. The van der Waals surface area contributed by atoms with E-state index in [0.717, 1.165) is 0 Å². The lowest BCUT2D eigenvalue weighted by Crippen LogP contribution is -2.25. The molecule has 0 saturated carbocycles. The van der Waals surface area contributed by atoms with Crippen molar-refractivity contribution in [1.29, 1.82) is 0 Å². The maximum Gasteiger partial charge on any atom is 0.333 e. The zero-order valence-electron chi connectivity index (χ0n) is 11.8. The first-order chi connectivity index (χ1) is 8.73. The summed E-state index contributed by atoms with van der Waals surface area (Å²) in [6.07, 6.45) is 1.61. The molecule has 0 fully saturated rings. The van der Waals surface area contributed by atoms with Gasteiger partial charge in [-0.05, 0) is 27.7 Å². The Labute approximate surface area is 115 Å². The summed E-state index contributed by atoms with van der Waals surface area (Å²) in [6.45, 7) is 7.27. The second-order valence-corrected chi connectivity index (χ2v) is 6.34. The Hall–Kier alpha value is -1.44. The molecule has 2 atom stereocenters. The van der Waals surface area contributed by atoms with Gasteiger partial charge in [0.2, 0.25) is 5.82 Å². The van der Waals surface area contributed by atoms with E-state index < -0.39 is 15.7 Å². The van der Waals surface area contributed by atoms with Gasteiger partial charge in [0, 0.05) is 34.9 Å². The van der Waals surface area contributed by atoms with Gasteiger partial charge in [-0.2, -0.15) is 5.10 Å². The fourth-order valence-corrected chi connectivity index (χ4v) is 2.68. The minimum absolute atomic E-state index is 0.00854. The number of hydrogen-bond donors (Lipinski definition) is 1. The van der Waals surface area contributed by atoms with Gasteiger partial charge in [-0.1, -0.05) is 0 Å². The van der Waals surface area contributed by atoms with Gasteiger partial charge >= 0.3 is 5.69 Å². The molecule has 1 rings (SSSR count). The van der Waals surface area contributed by atoms with Gasteiger partial charge in [0.15, 0.2) is 0 Å². The maximum atomic E-state index is 11.2. The first-order valence-corrected chi connectivity index (χ1v) is 7.76. The van der Waals surface area contributed by atoms with Crippen LogP contribution in [0.3, 0.4) is 0 Å². The van der Waals surface area contributed by atoms with Crippen molar-refractivity contribution in [3.05, 3.63) is 15.8 Å². The summed E-state index contributed by atoms with van der Waals surface area (Å²) in [5.74, 6) is 0.815. The summed E-state index contributed by atoms with van der Waals surface area (Å²) in [4.78, 5) is 10.7.